The molecule has 0 bridgehead atoms. The van der Waals surface area contributed by atoms with Crippen LogP contribution in [0, 0.1) is 0 Å². The van der Waals surface area contributed by atoms with E-state index in [0.29, 0.717) is 19.4 Å². The zero-order valence-corrected chi connectivity index (χ0v) is 12.0. The zero-order chi connectivity index (χ0) is 14.5. The van der Waals surface area contributed by atoms with Gasteiger partial charge in [-0.15, -0.1) is 0 Å². The van der Waals surface area contributed by atoms with Gasteiger partial charge in [0.2, 0.25) is 0 Å². The van der Waals surface area contributed by atoms with Gasteiger partial charge in [-0.3, -0.25) is 0 Å². The molecule has 2 aromatic carbocycles. The molecule has 0 amide bonds. The number of nitrogens with one attached hydrogen (secondary N) is 1. The van der Waals surface area contributed by atoms with Gasteiger partial charge in [0.1, 0.15) is 18.0 Å². The molecular formula is C18H20FNO. The fourth-order valence-corrected chi connectivity index (χ4v) is 2.72. The highest BCUT2D eigenvalue weighted by Crippen LogP contribution is 2.36. The third-order valence-electron chi connectivity index (χ3n) is 4.00. The molecule has 0 aliphatic carbocycles. The molecule has 0 spiro atoms. The standard InChI is InChI=1S/C18H20FNO/c19-18(9-11-20-12-10-18)16-7-4-8-17(13-16)21-14-15-5-2-1-3-6-15/h1-8,13,20H,9-12,14H2. The minimum atomic E-state index is -1.22. The monoisotopic (exact) mass is 285 g/mol. The Labute approximate surface area is 125 Å². The van der Waals surface area contributed by atoms with Crippen molar-refractivity contribution in [1.29, 1.82) is 0 Å². The fourth-order valence-electron chi connectivity index (χ4n) is 2.72. The smallest absolute Gasteiger partial charge is 0.138 e. The van der Waals surface area contributed by atoms with E-state index < -0.39 is 5.67 Å². The van der Waals surface area contributed by atoms with E-state index in [1.165, 1.54) is 0 Å². The Morgan fingerprint density at radius 1 is 1.00 bits per heavy atom. The van der Waals surface area contributed by atoms with Gasteiger partial charge in [-0.25, -0.2) is 4.39 Å². The number of benzene rings is 2. The Hall–Kier alpha value is -1.87. The number of piperidine rings is 1. The van der Waals surface area contributed by atoms with Gasteiger partial charge in [-0.2, -0.15) is 0 Å². The van der Waals surface area contributed by atoms with Gasteiger partial charge in [0.15, 0.2) is 0 Å². The maximum atomic E-state index is 15.0. The van der Waals surface area contributed by atoms with Gasteiger partial charge < -0.3 is 10.1 Å². The fraction of sp³-hybridized carbons (Fsp3) is 0.333. The zero-order valence-electron chi connectivity index (χ0n) is 12.0. The van der Waals surface area contributed by atoms with Crippen LogP contribution in [-0.4, -0.2) is 13.1 Å². The molecule has 1 saturated heterocycles. The van der Waals surface area contributed by atoms with Crippen molar-refractivity contribution >= 4 is 0 Å². The third kappa shape index (κ3) is 3.42. The summed E-state index contributed by atoms with van der Waals surface area (Å²) in [4.78, 5) is 0. The second-order valence-corrected chi connectivity index (χ2v) is 5.52. The first kappa shape index (κ1) is 14.1. The van der Waals surface area contributed by atoms with Crippen LogP contribution in [-0.2, 0) is 12.3 Å². The highest BCUT2D eigenvalue weighted by atomic mass is 19.1. The Balaban J connectivity index is 1.71. The number of hydrogen-bond acceptors (Lipinski definition) is 2. The molecule has 1 aliphatic rings. The summed E-state index contributed by atoms with van der Waals surface area (Å²) in [5.41, 5.74) is 0.617. The molecule has 2 nitrogen and oxygen atoms in total. The SMILES string of the molecule is FC1(c2cccc(OCc3ccccc3)c2)CCNCC1. The summed E-state index contributed by atoms with van der Waals surface area (Å²) in [6.07, 6.45) is 1.05. The molecule has 3 rings (SSSR count). The van der Waals surface area contributed by atoms with Gasteiger partial charge in [0.05, 0.1) is 0 Å². The molecule has 110 valence electrons. The number of rotatable bonds is 4. The summed E-state index contributed by atoms with van der Waals surface area (Å²) in [6.45, 7) is 1.96. The van der Waals surface area contributed by atoms with Gasteiger partial charge in [0.25, 0.3) is 0 Å². The summed E-state index contributed by atoms with van der Waals surface area (Å²) in [5.74, 6) is 0.729. The largest absolute Gasteiger partial charge is 0.489 e. The van der Waals surface area contributed by atoms with E-state index in [9.17, 15) is 4.39 Å². The molecule has 0 radical (unpaired) electrons. The highest BCUT2D eigenvalue weighted by molar-refractivity contribution is 5.33. The van der Waals surface area contributed by atoms with Gasteiger partial charge in [-0.1, -0.05) is 42.5 Å². The summed E-state index contributed by atoms with van der Waals surface area (Å²) < 4.78 is 20.7. The summed E-state index contributed by atoms with van der Waals surface area (Å²) in [5, 5.41) is 3.20. The van der Waals surface area contributed by atoms with Crippen LogP contribution in [0.2, 0.25) is 0 Å². The second-order valence-electron chi connectivity index (χ2n) is 5.52. The molecular weight excluding hydrogens is 265 g/mol. The lowest BCUT2D eigenvalue weighted by Crippen LogP contribution is -2.36. The lowest BCUT2D eigenvalue weighted by Gasteiger charge is -2.30. The quantitative estimate of drug-likeness (QED) is 0.922. The maximum absolute atomic E-state index is 15.0. The third-order valence-corrected chi connectivity index (χ3v) is 4.00. The molecule has 21 heavy (non-hydrogen) atoms. The average Bonchev–Trinajstić information content (AvgIpc) is 2.55. The van der Waals surface area contributed by atoms with Crippen molar-refractivity contribution in [3.05, 3.63) is 65.7 Å². The van der Waals surface area contributed by atoms with Gasteiger partial charge in [0, 0.05) is 0 Å². The van der Waals surface area contributed by atoms with Crippen LogP contribution in [0.4, 0.5) is 4.39 Å². The Morgan fingerprint density at radius 2 is 1.76 bits per heavy atom. The van der Waals surface area contributed by atoms with Crippen LogP contribution in [0.3, 0.4) is 0 Å². The molecule has 2 aromatic rings. The van der Waals surface area contributed by atoms with Crippen molar-refractivity contribution in [3.63, 3.8) is 0 Å². The van der Waals surface area contributed by atoms with E-state index in [1.54, 1.807) is 0 Å². The van der Waals surface area contributed by atoms with Crippen molar-refractivity contribution < 1.29 is 9.13 Å². The predicted molar refractivity (Wildman–Crippen MR) is 82.1 cm³/mol. The minimum absolute atomic E-state index is 0.505. The van der Waals surface area contributed by atoms with Crippen LogP contribution in [0.1, 0.15) is 24.0 Å². The summed E-state index contributed by atoms with van der Waals surface area (Å²) in [6, 6.07) is 17.5. The Morgan fingerprint density at radius 3 is 2.52 bits per heavy atom. The van der Waals surface area contributed by atoms with E-state index in [2.05, 4.69) is 5.32 Å². The molecule has 0 saturated carbocycles. The molecule has 1 N–H and O–H groups in total. The summed E-state index contributed by atoms with van der Waals surface area (Å²) in [7, 11) is 0. The van der Waals surface area contributed by atoms with E-state index in [4.69, 9.17) is 4.74 Å². The molecule has 1 heterocycles. The first-order chi connectivity index (χ1) is 10.3. The van der Waals surface area contributed by atoms with Crippen molar-refractivity contribution in [1.82, 2.24) is 5.32 Å². The van der Waals surface area contributed by atoms with Gasteiger partial charge >= 0.3 is 0 Å². The lowest BCUT2D eigenvalue weighted by atomic mass is 9.87. The lowest BCUT2D eigenvalue weighted by molar-refractivity contribution is 0.115. The van der Waals surface area contributed by atoms with Crippen LogP contribution in [0.15, 0.2) is 54.6 Å². The first-order valence-electron chi connectivity index (χ1n) is 7.43. The highest BCUT2D eigenvalue weighted by Gasteiger charge is 2.33. The van der Waals surface area contributed by atoms with Crippen LogP contribution in [0.25, 0.3) is 0 Å². The number of ether oxygens (including phenoxy) is 1. The Kier molecular flexibility index (Phi) is 4.20. The second kappa shape index (κ2) is 6.27. The Bertz CT molecular complexity index is 579. The number of halogens is 1. The normalized spacial score (nSPS) is 17.4. The molecule has 0 unspecified atom stereocenters. The van der Waals surface area contributed by atoms with Crippen molar-refractivity contribution in [2.24, 2.45) is 0 Å². The van der Waals surface area contributed by atoms with Crippen LogP contribution in [0.5, 0.6) is 5.75 Å². The van der Waals surface area contributed by atoms with Crippen molar-refractivity contribution in [2.75, 3.05) is 13.1 Å². The molecule has 3 heteroatoms. The van der Waals surface area contributed by atoms with Crippen molar-refractivity contribution in [2.45, 2.75) is 25.1 Å². The molecule has 0 aromatic heterocycles. The average molecular weight is 285 g/mol. The first-order valence-corrected chi connectivity index (χ1v) is 7.43. The van der Waals surface area contributed by atoms with E-state index in [0.717, 1.165) is 30.0 Å². The topological polar surface area (TPSA) is 21.3 Å². The van der Waals surface area contributed by atoms with E-state index in [-0.39, 0.29) is 0 Å². The predicted octanol–water partition coefficient (Wildman–Crippen LogP) is 3.81. The van der Waals surface area contributed by atoms with E-state index >= 15 is 0 Å². The maximum Gasteiger partial charge on any atom is 0.138 e. The number of alkyl halides is 1. The number of hydrogen-bond donors (Lipinski definition) is 1. The van der Waals surface area contributed by atoms with Crippen LogP contribution < -0.4 is 10.1 Å². The van der Waals surface area contributed by atoms with Crippen LogP contribution >= 0.6 is 0 Å². The van der Waals surface area contributed by atoms with Crippen molar-refractivity contribution in [3.8, 4) is 5.75 Å². The molecule has 0 atom stereocenters. The minimum Gasteiger partial charge on any atom is -0.489 e. The molecule has 1 aliphatic heterocycles. The van der Waals surface area contributed by atoms with E-state index in [1.807, 2.05) is 54.6 Å². The summed E-state index contributed by atoms with van der Waals surface area (Å²) >= 11 is 0. The van der Waals surface area contributed by atoms with Gasteiger partial charge in [-0.05, 0) is 49.2 Å². The molecule has 1 fully saturated rings.